The molecule has 2 aromatic rings. The van der Waals surface area contributed by atoms with E-state index < -0.39 is 11.9 Å². The predicted octanol–water partition coefficient (Wildman–Crippen LogP) is 2.07. The van der Waals surface area contributed by atoms with Crippen molar-refractivity contribution >= 4 is 39.5 Å². The molecule has 0 bridgehead atoms. The average molecular weight is 339 g/mol. The predicted molar refractivity (Wildman–Crippen MR) is 75.3 cm³/mol. The largest absolute Gasteiger partial charge is 0.466 e. The highest BCUT2D eigenvalue weighted by Gasteiger charge is 2.19. The molecule has 2 aromatic heterocycles. The molecule has 0 aliphatic rings. The van der Waals surface area contributed by atoms with Gasteiger partial charge in [-0.3, -0.25) is 0 Å². The van der Waals surface area contributed by atoms with E-state index in [1.807, 2.05) is 0 Å². The maximum Gasteiger partial charge on any atom is 0.359 e. The minimum Gasteiger partial charge on any atom is -0.466 e. The molecule has 0 amide bonds. The number of aromatic nitrogens is 2. The van der Waals surface area contributed by atoms with E-state index in [0.29, 0.717) is 15.7 Å². The molecule has 2 heterocycles. The van der Waals surface area contributed by atoms with Gasteiger partial charge in [-0.25, -0.2) is 14.1 Å². The minimum atomic E-state index is -0.579. The van der Waals surface area contributed by atoms with Gasteiger partial charge in [0.2, 0.25) is 0 Å². The molecule has 6 nitrogen and oxygen atoms in total. The molecule has 2 rings (SSSR count). The molecule has 0 aliphatic carbocycles. The van der Waals surface area contributed by atoms with E-state index in [1.54, 1.807) is 22.7 Å². The Hall–Kier alpha value is -2.15. The van der Waals surface area contributed by atoms with E-state index in [4.69, 9.17) is 4.74 Å². The first-order valence-corrected chi connectivity index (χ1v) is 6.39. The second kappa shape index (κ2) is 5.87. The number of nitrogens with zero attached hydrogens (tertiary/aromatic N) is 2. The lowest BCUT2D eigenvalue weighted by Crippen LogP contribution is -2.04. The van der Waals surface area contributed by atoms with Gasteiger partial charge in [0.05, 0.1) is 19.7 Å². The Morgan fingerprint density at radius 2 is 2.05 bits per heavy atom. The molecular formula is C13H11BrN2O4. The molecule has 0 atom stereocenters. The summed E-state index contributed by atoms with van der Waals surface area (Å²) >= 11 is 3.34. The molecule has 7 heteroatoms. The summed E-state index contributed by atoms with van der Waals surface area (Å²) in [5.74, 6) is -1.10. The third-order valence-corrected chi connectivity index (χ3v) is 3.22. The van der Waals surface area contributed by atoms with Gasteiger partial charge in [-0.05, 0) is 34.1 Å². The lowest BCUT2D eigenvalue weighted by atomic mass is 10.2. The van der Waals surface area contributed by atoms with Crippen LogP contribution in [0.25, 0.3) is 11.6 Å². The number of carbonyl (C=O) groups excluding carboxylic acids is 2. The summed E-state index contributed by atoms with van der Waals surface area (Å²) in [5.41, 5.74) is 1.28. The van der Waals surface area contributed by atoms with Crippen LogP contribution in [0.2, 0.25) is 0 Å². The normalized spacial score (nSPS) is 10.9. The molecule has 0 saturated carbocycles. The highest BCUT2D eigenvalue weighted by molar-refractivity contribution is 9.10. The van der Waals surface area contributed by atoms with Crippen LogP contribution in [0.4, 0.5) is 0 Å². The maximum absolute atomic E-state index is 11.8. The van der Waals surface area contributed by atoms with Gasteiger partial charge in [-0.2, -0.15) is 5.10 Å². The molecule has 0 fully saturated rings. The number of hydrogen-bond acceptors (Lipinski definition) is 5. The first kappa shape index (κ1) is 14.3. The molecule has 0 radical (unpaired) electrons. The SMILES string of the molecule is COC(=O)/C=C/c1c(C(=O)OC)nn2c(Br)cccc12. The Morgan fingerprint density at radius 3 is 2.70 bits per heavy atom. The Morgan fingerprint density at radius 1 is 1.30 bits per heavy atom. The van der Waals surface area contributed by atoms with E-state index in [-0.39, 0.29) is 5.69 Å². The van der Waals surface area contributed by atoms with E-state index in [9.17, 15) is 9.59 Å². The van der Waals surface area contributed by atoms with Crippen molar-refractivity contribution in [3.05, 3.63) is 40.1 Å². The Kier molecular flexibility index (Phi) is 4.19. The van der Waals surface area contributed by atoms with Gasteiger partial charge in [0.1, 0.15) is 4.60 Å². The molecular weight excluding hydrogens is 328 g/mol. The molecule has 0 N–H and O–H groups in total. The van der Waals surface area contributed by atoms with Crippen LogP contribution >= 0.6 is 15.9 Å². The van der Waals surface area contributed by atoms with Crippen molar-refractivity contribution in [3.8, 4) is 0 Å². The average Bonchev–Trinajstić information content (AvgIpc) is 2.84. The summed E-state index contributed by atoms with van der Waals surface area (Å²) in [5, 5.41) is 4.18. The number of rotatable bonds is 3. The fourth-order valence-electron chi connectivity index (χ4n) is 1.69. The van der Waals surface area contributed by atoms with E-state index in [0.717, 1.165) is 0 Å². The van der Waals surface area contributed by atoms with Gasteiger partial charge in [-0.15, -0.1) is 0 Å². The van der Waals surface area contributed by atoms with Crippen LogP contribution in [-0.4, -0.2) is 35.8 Å². The summed E-state index contributed by atoms with van der Waals surface area (Å²) in [6.07, 6.45) is 2.71. The molecule has 0 unspecified atom stereocenters. The Bertz CT molecular complexity index is 706. The van der Waals surface area contributed by atoms with Crippen molar-refractivity contribution in [2.45, 2.75) is 0 Å². The highest BCUT2D eigenvalue weighted by atomic mass is 79.9. The van der Waals surface area contributed by atoms with Crippen molar-refractivity contribution in [1.29, 1.82) is 0 Å². The van der Waals surface area contributed by atoms with E-state index >= 15 is 0 Å². The topological polar surface area (TPSA) is 69.9 Å². The molecule has 104 valence electrons. The Labute approximate surface area is 123 Å². The molecule has 0 spiro atoms. The van der Waals surface area contributed by atoms with Crippen LogP contribution in [-0.2, 0) is 14.3 Å². The lowest BCUT2D eigenvalue weighted by molar-refractivity contribution is -0.134. The lowest BCUT2D eigenvalue weighted by Gasteiger charge is -1.96. The van der Waals surface area contributed by atoms with Crippen molar-refractivity contribution in [3.63, 3.8) is 0 Å². The van der Waals surface area contributed by atoms with Gasteiger partial charge >= 0.3 is 11.9 Å². The number of ether oxygens (including phenoxy) is 2. The molecule has 0 saturated heterocycles. The maximum atomic E-state index is 11.8. The summed E-state index contributed by atoms with van der Waals surface area (Å²) in [4.78, 5) is 23.0. The van der Waals surface area contributed by atoms with Gasteiger partial charge in [0, 0.05) is 11.6 Å². The summed E-state index contributed by atoms with van der Waals surface area (Å²) in [7, 11) is 2.55. The Balaban J connectivity index is 2.65. The quantitative estimate of drug-likeness (QED) is 0.486. The van der Waals surface area contributed by atoms with E-state index in [2.05, 4.69) is 25.8 Å². The number of pyridine rings is 1. The van der Waals surface area contributed by atoms with Crippen LogP contribution in [0.5, 0.6) is 0 Å². The number of methoxy groups -OCH3 is 2. The zero-order valence-electron chi connectivity index (χ0n) is 10.8. The van der Waals surface area contributed by atoms with Gasteiger partial charge in [0.15, 0.2) is 5.69 Å². The van der Waals surface area contributed by atoms with Crippen LogP contribution in [0, 0.1) is 0 Å². The summed E-state index contributed by atoms with van der Waals surface area (Å²) in [6, 6.07) is 5.37. The number of carbonyl (C=O) groups is 2. The standard InChI is InChI=1S/C13H11BrN2O4/c1-19-11(17)7-6-8-9-4-3-5-10(14)16(9)15-12(8)13(18)20-2/h3-7H,1-2H3/b7-6+. The molecule has 20 heavy (non-hydrogen) atoms. The minimum absolute atomic E-state index is 0.125. The van der Waals surface area contributed by atoms with Gasteiger partial charge < -0.3 is 9.47 Å². The van der Waals surface area contributed by atoms with Crippen molar-refractivity contribution in [2.24, 2.45) is 0 Å². The number of hydrogen-bond donors (Lipinski definition) is 0. The van der Waals surface area contributed by atoms with Crippen LogP contribution < -0.4 is 0 Å². The van der Waals surface area contributed by atoms with Gasteiger partial charge in [0.25, 0.3) is 0 Å². The smallest absolute Gasteiger partial charge is 0.359 e. The first-order chi connectivity index (χ1) is 9.58. The number of fused-ring (bicyclic) bond motifs is 1. The monoisotopic (exact) mass is 338 g/mol. The zero-order valence-corrected chi connectivity index (χ0v) is 12.4. The molecule has 0 aromatic carbocycles. The van der Waals surface area contributed by atoms with Crippen LogP contribution in [0.3, 0.4) is 0 Å². The van der Waals surface area contributed by atoms with Gasteiger partial charge in [-0.1, -0.05) is 6.07 Å². The number of halogens is 1. The third-order valence-electron chi connectivity index (χ3n) is 2.62. The first-order valence-electron chi connectivity index (χ1n) is 5.60. The van der Waals surface area contributed by atoms with Crippen molar-refractivity contribution < 1.29 is 19.1 Å². The fourth-order valence-corrected chi connectivity index (χ4v) is 2.11. The zero-order chi connectivity index (χ0) is 14.7. The third kappa shape index (κ3) is 2.57. The second-order valence-electron chi connectivity index (χ2n) is 3.76. The molecule has 0 aliphatic heterocycles. The van der Waals surface area contributed by atoms with Crippen molar-refractivity contribution in [2.75, 3.05) is 14.2 Å². The van der Waals surface area contributed by atoms with Crippen molar-refractivity contribution in [1.82, 2.24) is 9.61 Å². The summed E-state index contributed by atoms with van der Waals surface area (Å²) < 4.78 is 11.5. The van der Waals surface area contributed by atoms with Crippen LogP contribution in [0.15, 0.2) is 28.9 Å². The summed E-state index contributed by atoms with van der Waals surface area (Å²) in [6.45, 7) is 0. The second-order valence-corrected chi connectivity index (χ2v) is 4.57. The van der Waals surface area contributed by atoms with E-state index in [1.165, 1.54) is 26.4 Å². The van der Waals surface area contributed by atoms with Crippen LogP contribution in [0.1, 0.15) is 16.1 Å². The fraction of sp³-hybridized carbons (Fsp3) is 0.154. The highest BCUT2D eigenvalue weighted by Crippen LogP contribution is 2.22. The number of esters is 2.